The monoisotopic (exact) mass is 319 g/mol. The van der Waals surface area contributed by atoms with Gasteiger partial charge in [0.2, 0.25) is 0 Å². The highest BCUT2D eigenvalue weighted by atomic mass is 16.5. The largest absolute Gasteiger partial charge is 0.493 e. The first-order valence-corrected chi connectivity index (χ1v) is 8.65. The maximum Gasteiger partial charge on any atom is 0.306 e. The molecule has 5 heteroatoms. The Morgan fingerprint density at radius 3 is 2.91 bits per heavy atom. The Morgan fingerprint density at radius 1 is 1.30 bits per heavy atom. The van der Waals surface area contributed by atoms with Crippen molar-refractivity contribution in [1.82, 2.24) is 4.98 Å². The van der Waals surface area contributed by atoms with E-state index in [4.69, 9.17) is 9.47 Å². The van der Waals surface area contributed by atoms with E-state index in [-0.39, 0.29) is 12.0 Å². The van der Waals surface area contributed by atoms with Gasteiger partial charge in [0.15, 0.2) is 0 Å². The van der Waals surface area contributed by atoms with Crippen molar-refractivity contribution < 1.29 is 19.4 Å². The molecular weight excluding hydrogens is 294 g/mol. The SMILES string of the molecule is O=C(O)C1CCOC(c2cc(OCC3CCCCC3)ccn2)C1. The summed E-state index contributed by atoms with van der Waals surface area (Å²) in [7, 11) is 0. The summed E-state index contributed by atoms with van der Waals surface area (Å²) in [6, 6.07) is 3.77. The summed E-state index contributed by atoms with van der Waals surface area (Å²) < 4.78 is 11.7. The van der Waals surface area contributed by atoms with E-state index in [2.05, 4.69) is 4.98 Å². The summed E-state index contributed by atoms with van der Waals surface area (Å²) >= 11 is 0. The summed E-state index contributed by atoms with van der Waals surface area (Å²) in [5, 5.41) is 9.19. The lowest BCUT2D eigenvalue weighted by Gasteiger charge is -2.27. The molecule has 23 heavy (non-hydrogen) atoms. The fraction of sp³-hybridized carbons (Fsp3) is 0.667. The van der Waals surface area contributed by atoms with Crippen LogP contribution in [0.2, 0.25) is 0 Å². The third kappa shape index (κ3) is 4.44. The standard InChI is InChI=1S/C18H25NO4/c20-18(21)14-7-9-22-17(10-14)16-11-15(6-8-19-16)23-12-13-4-2-1-3-5-13/h6,8,11,13-14,17H,1-5,7,9-10,12H2,(H,20,21). The Bertz CT molecular complexity index is 528. The first-order chi connectivity index (χ1) is 11.2. The molecule has 0 spiro atoms. The molecule has 1 N–H and O–H groups in total. The van der Waals surface area contributed by atoms with E-state index in [0.29, 0.717) is 25.4 Å². The fourth-order valence-electron chi connectivity index (χ4n) is 3.49. The smallest absolute Gasteiger partial charge is 0.306 e. The van der Waals surface area contributed by atoms with E-state index < -0.39 is 5.97 Å². The van der Waals surface area contributed by atoms with Crippen molar-refractivity contribution in [2.24, 2.45) is 11.8 Å². The van der Waals surface area contributed by atoms with Gasteiger partial charge in [-0.25, -0.2) is 0 Å². The minimum atomic E-state index is -0.747. The molecule has 3 rings (SSSR count). The predicted molar refractivity (Wildman–Crippen MR) is 85.4 cm³/mol. The molecule has 2 aliphatic rings. The Kier molecular flexibility index (Phi) is 5.49. The van der Waals surface area contributed by atoms with Crippen LogP contribution in [0.3, 0.4) is 0 Å². The van der Waals surface area contributed by atoms with Crippen LogP contribution in [0.25, 0.3) is 0 Å². The molecule has 2 atom stereocenters. The molecule has 0 amide bonds. The second kappa shape index (κ2) is 7.77. The molecule has 1 aromatic rings. The highest BCUT2D eigenvalue weighted by molar-refractivity contribution is 5.70. The van der Waals surface area contributed by atoms with E-state index in [1.165, 1.54) is 32.1 Å². The van der Waals surface area contributed by atoms with Crippen molar-refractivity contribution in [2.45, 2.75) is 51.0 Å². The molecule has 1 saturated heterocycles. The van der Waals surface area contributed by atoms with Crippen molar-refractivity contribution in [2.75, 3.05) is 13.2 Å². The number of aromatic nitrogens is 1. The second-order valence-electron chi connectivity index (χ2n) is 6.65. The second-order valence-corrected chi connectivity index (χ2v) is 6.65. The van der Waals surface area contributed by atoms with Gasteiger partial charge in [-0.3, -0.25) is 9.78 Å². The molecule has 126 valence electrons. The summed E-state index contributed by atoms with van der Waals surface area (Å²) in [5.74, 6) is 0.370. The van der Waals surface area contributed by atoms with Crippen LogP contribution in [0.5, 0.6) is 5.75 Å². The maximum absolute atomic E-state index is 11.2. The Hall–Kier alpha value is -1.62. The number of hydrogen-bond acceptors (Lipinski definition) is 4. The van der Waals surface area contributed by atoms with Crippen molar-refractivity contribution in [1.29, 1.82) is 0 Å². The fourth-order valence-corrected chi connectivity index (χ4v) is 3.49. The Labute approximate surface area is 137 Å². The lowest BCUT2D eigenvalue weighted by Crippen LogP contribution is -2.26. The number of aliphatic carboxylic acids is 1. The van der Waals surface area contributed by atoms with Gasteiger partial charge in [0, 0.05) is 18.9 Å². The van der Waals surface area contributed by atoms with Crippen LogP contribution in [0.1, 0.15) is 56.7 Å². The summed E-state index contributed by atoms with van der Waals surface area (Å²) in [4.78, 5) is 15.5. The van der Waals surface area contributed by atoms with Gasteiger partial charge < -0.3 is 14.6 Å². The Balaban J connectivity index is 1.59. The minimum absolute atomic E-state index is 0.247. The number of carbonyl (C=O) groups is 1. The van der Waals surface area contributed by atoms with E-state index in [0.717, 1.165) is 18.1 Å². The van der Waals surface area contributed by atoms with Gasteiger partial charge in [-0.05, 0) is 37.7 Å². The summed E-state index contributed by atoms with van der Waals surface area (Å²) in [6.45, 7) is 1.23. The van der Waals surface area contributed by atoms with E-state index in [1.807, 2.05) is 12.1 Å². The molecule has 1 aromatic heterocycles. The van der Waals surface area contributed by atoms with Gasteiger partial charge in [-0.2, -0.15) is 0 Å². The molecule has 5 nitrogen and oxygen atoms in total. The van der Waals surface area contributed by atoms with Crippen molar-refractivity contribution >= 4 is 5.97 Å². The molecule has 2 unspecified atom stereocenters. The van der Waals surface area contributed by atoms with Gasteiger partial charge >= 0.3 is 5.97 Å². The minimum Gasteiger partial charge on any atom is -0.493 e. The quantitative estimate of drug-likeness (QED) is 0.898. The third-order valence-corrected chi connectivity index (χ3v) is 4.93. The number of carboxylic acids is 1. The molecule has 0 aromatic carbocycles. The molecule has 0 radical (unpaired) electrons. The molecule has 1 saturated carbocycles. The molecule has 2 fully saturated rings. The van der Waals surface area contributed by atoms with E-state index >= 15 is 0 Å². The number of nitrogens with zero attached hydrogens (tertiary/aromatic N) is 1. The number of hydrogen-bond donors (Lipinski definition) is 1. The average Bonchev–Trinajstić information content (AvgIpc) is 2.61. The zero-order chi connectivity index (χ0) is 16.1. The lowest BCUT2D eigenvalue weighted by molar-refractivity contribution is -0.147. The lowest BCUT2D eigenvalue weighted by atomic mass is 9.90. The molecule has 1 aliphatic carbocycles. The number of rotatable bonds is 5. The molecule has 0 bridgehead atoms. The van der Waals surface area contributed by atoms with Crippen LogP contribution in [-0.2, 0) is 9.53 Å². The van der Waals surface area contributed by atoms with Crippen LogP contribution in [-0.4, -0.2) is 29.3 Å². The zero-order valence-electron chi connectivity index (χ0n) is 13.4. The van der Waals surface area contributed by atoms with Crippen molar-refractivity contribution in [3.8, 4) is 5.75 Å². The van der Waals surface area contributed by atoms with E-state index in [1.54, 1.807) is 6.20 Å². The van der Waals surface area contributed by atoms with Gasteiger partial charge in [-0.1, -0.05) is 19.3 Å². The number of pyridine rings is 1. The van der Waals surface area contributed by atoms with Crippen molar-refractivity contribution in [3.05, 3.63) is 24.0 Å². The number of ether oxygens (including phenoxy) is 2. The predicted octanol–water partition coefficient (Wildman–Crippen LogP) is 3.59. The molecule has 2 heterocycles. The highest BCUT2D eigenvalue weighted by Gasteiger charge is 2.29. The van der Waals surface area contributed by atoms with Crippen LogP contribution in [0, 0.1) is 11.8 Å². The number of carboxylic acid groups (broad SMARTS) is 1. The van der Waals surface area contributed by atoms with Crippen LogP contribution in [0.4, 0.5) is 0 Å². The van der Waals surface area contributed by atoms with Gasteiger partial charge in [0.05, 0.1) is 18.2 Å². The van der Waals surface area contributed by atoms with Crippen molar-refractivity contribution in [3.63, 3.8) is 0 Å². The van der Waals surface area contributed by atoms with Crippen LogP contribution in [0.15, 0.2) is 18.3 Å². The molecule has 1 aliphatic heterocycles. The average molecular weight is 319 g/mol. The van der Waals surface area contributed by atoms with Crippen LogP contribution >= 0.6 is 0 Å². The van der Waals surface area contributed by atoms with Gasteiger partial charge in [0.1, 0.15) is 11.9 Å². The van der Waals surface area contributed by atoms with Gasteiger partial charge in [0.25, 0.3) is 0 Å². The zero-order valence-corrected chi connectivity index (χ0v) is 13.4. The summed E-state index contributed by atoms with van der Waals surface area (Å²) in [6.07, 6.45) is 9.00. The molecular formula is C18H25NO4. The van der Waals surface area contributed by atoms with Crippen LogP contribution < -0.4 is 4.74 Å². The first-order valence-electron chi connectivity index (χ1n) is 8.65. The first kappa shape index (κ1) is 16.2. The topological polar surface area (TPSA) is 68.7 Å². The summed E-state index contributed by atoms with van der Waals surface area (Å²) in [5.41, 5.74) is 0.775. The highest BCUT2D eigenvalue weighted by Crippen LogP contribution is 2.32. The van der Waals surface area contributed by atoms with E-state index in [9.17, 15) is 9.90 Å². The Morgan fingerprint density at radius 2 is 2.13 bits per heavy atom. The maximum atomic E-state index is 11.2. The normalized spacial score (nSPS) is 25.9. The van der Waals surface area contributed by atoms with Gasteiger partial charge in [-0.15, -0.1) is 0 Å². The third-order valence-electron chi connectivity index (χ3n) is 4.93.